The lowest BCUT2D eigenvalue weighted by Gasteiger charge is -2.12. The van der Waals surface area contributed by atoms with E-state index >= 15 is 0 Å². The largest absolute Gasteiger partial charge is 0.365 e. The van der Waals surface area contributed by atoms with Crippen LogP contribution < -0.4 is 16.4 Å². The number of thiophene rings is 1. The fraction of sp³-hybridized carbons (Fsp3) is 0.316. The van der Waals surface area contributed by atoms with Crippen LogP contribution in [-0.4, -0.2) is 16.9 Å². The highest BCUT2D eigenvalue weighted by atomic mass is 32.1. The van der Waals surface area contributed by atoms with E-state index in [4.69, 9.17) is 18.0 Å². The number of fused-ring (bicyclic) bond motifs is 1. The Hall–Kier alpha value is -2.25. The molecule has 0 saturated heterocycles. The van der Waals surface area contributed by atoms with Gasteiger partial charge in [0, 0.05) is 10.4 Å². The summed E-state index contributed by atoms with van der Waals surface area (Å²) in [5, 5.41) is 6.47. The third kappa shape index (κ3) is 3.78. The molecule has 1 aliphatic carbocycles. The van der Waals surface area contributed by atoms with Crippen LogP contribution in [0.2, 0.25) is 0 Å². The smallest absolute Gasteiger partial charge is 0.257 e. The molecule has 3 rings (SSSR count). The Bertz CT molecular complexity index is 902. The molecule has 0 radical (unpaired) electrons. The van der Waals surface area contributed by atoms with Crippen molar-refractivity contribution in [3.8, 4) is 0 Å². The Balaban J connectivity index is 1.77. The number of carbonyl (C=O) groups is 2. The number of rotatable bonds is 3. The van der Waals surface area contributed by atoms with Crippen molar-refractivity contribution < 1.29 is 9.59 Å². The van der Waals surface area contributed by atoms with Crippen LogP contribution in [0.5, 0.6) is 0 Å². The van der Waals surface area contributed by atoms with Crippen molar-refractivity contribution >= 4 is 45.5 Å². The third-order valence-electron chi connectivity index (χ3n) is 4.50. The first kappa shape index (κ1) is 18.5. The number of primary amides is 1. The predicted octanol–water partition coefficient (Wildman–Crippen LogP) is 3.47. The van der Waals surface area contributed by atoms with Gasteiger partial charge in [0.05, 0.1) is 5.56 Å². The van der Waals surface area contributed by atoms with Crippen LogP contribution in [0.3, 0.4) is 0 Å². The van der Waals surface area contributed by atoms with Gasteiger partial charge < -0.3 is 11.1 Å². The molecule has 7 heteroatoms. The molecule has 1 aliphatic rings. The average molecular weight is 388 g/mol. The van der Waals surface area contributed by atoms with Crippen molar-refractivity contribution in [2.75, 3.05) is 5.32 Å². The highest BCUT2D eigenvalue weighted by molar-refractivity contribution is 7.80. The number of thiocarbonyl (C=S) groups is 1. The Morgan fingerprint density at radius 2 is 1.92 bits per heavy atom. The second-order valence-corrected chi connectivity index (χ2v) is 8.02. The lowest BCUT2D eigenvalue weighted by molar-refractivity contribution is 0.0975. The van der Waals surface area contributed by atoms with Crippen LogP contribution in [0.15, 0.2) is 18.2 Å². The second-order valence-electron chi connectivity index (χ2n) is 6.51. The molecule has 4 N–H and O–H groups in total. The molecule has 0 saturated carbocycles. The molecule has 0 bridgehead atoms. The van der Waals surface area contributed by atoms with Crippen molar-refractivity contribution in [1.82, 2.24) is 5.32 Å². The summed E-state index contributed by atoms with van der Waals surface area (Å²) in [6.45, 7) is 3.86. The first-order chi connectivity index (χ1) is 12.4. The highest BCUT2D eigenvalue weighted by Gasteiger charge is 2.24. The molecule has 1 aromatic heterocycles. The van der Waals surface area contributed by atoms with E-state index in [1.807, 2.05) is 26.0 Å². The van der Waals surface area contributed by atoms with Crippen molar-refractivity contribution in [3.63, 3.8) is 0 Å². The van der Waals surface area contributed by atoms with Crippen LogP contribution in [-0.2, 0) is 12.8 Å². The van der Waals surface area contributed by atoms with Crippen molar-refractivity contribution in [3.05, 3.63) is 50.9 Å². The van der Waals surface area contributed by atoms with E-state index in [0.717, 1.165) is 42.4 Å². The van der Waals surface area contributed by atoms with E-state index in [1.54, 1.807) is 6.07 Å². The molecule has 0 atom stereocenters. The summed E-state index contributed by atoms with van der Waals surface area (Å²) in [4.78, 5) is 25.6. The van der Waals surface area contributed by atoms with Gasteiger partial charge in [0.25, 0.3) is 11.8 Å². The van der Waals surface area contributed by atoms with Gasteiger partial charge in [-0.2, -0.15) is 0 Å². The fourth-order valence-corrected chi connectivity index (χ4v) is 4.85. The second kappa shape index (κ2) is 7.55. The maximum Gasteiger partial charge on any atom is 0.257 e. The van der Waals surface area contributed by atoms with Crippen LogP contribution >= 0.6 is 23.6 Å². The summed E-state index contributed by atoms with van der Waals surface area (Å²) in [5.74, 6) is -0.739. The minimum Gasteiger partial charge on any atom is -0.365 e. The Kier molecular flexibility index (Phi) is 5.38. The van der Waals surface area contributed by atoms with Gasteiger partial charge in [0.15, 0.2) is 5.11 Å². The molecule has 0 fully saturated rings. The zero-order valence-electron chi connectivity index (χ0n) is 14.8. The van der Waals surface area contributed by atoms with Gasteiger partial charge in [-0.15, -0.1) is 11.3 Å². The Morgan fingerprint density at radius 3 is 2.62 bits per heavy atom. The Labute approximate surface area is 162 Å². The summed E-state index contributed by atoms with van der Waals surface area (Å²) >= 11 is 6.78. The molecular formula is C19H21N3O2S2. The quantitative estimate of drug-likeness (QED) is 0.704. The third-order valence-corrected chi connectivity index (χ3v) is 5.91. The topological polar surface area (TPSA) is 84.2 Å². The zero-order chi connectivity index (χ0) is 18.8. The van der Waals surface area contributed by atoms with Crippen molar-refractivity contribution in [2.45, 2.75) is 39.5 Å². The summed E-state index contributed by atoms with van der Waals surface area (Å²) in [6, 6.07) is 5.61. The first-order valence-electron chi connectivity index (χ1n) is 8.50. The minimum atomic E-state index is -0.463. The Morgan fingerprint density at radius 1 is 1.19 bits per heavy atom. The van der Waals surface area contributed by atoms with Gasteiger partial charge in [0.2, 0.25) is 0 Å². The molecular weight excluding hydrogens is 366 g/mol. The van der Waals surface area contributed by atoms with Gasteiger partial charge in [-0.3, -0.25) is 14.9 Å². The number of hydrogen-bond donors (Lipinski definition) is 3. The monoisotopic (exact) mass is 387 g/mol. The van der Waals surface area contributed by atoms with Crippen LogP contribution in [0.1, 0.15) is 55.1 Å². The van der Waals surface area contributed by atoms with E-state index in [9.17, 15) is 9.59 Å². The number of hydrogen-bond acceptors (Lipinski definition) is 4. The van der Waals surface area contributed by atoms with Crippen LogP contribution in [0.4, 0.5) is 5.00 Å². The number of anilines is 1. The van der Waals surface area contributed by atoms with Gasteiger partial charge in [-0.25, -0.2) is 0 Å². The summed E-state index contributed by atoms with van der Waals surface area (Å²) in [5.41, 5.74) is 9.66. The van der Waals surface area contributed by atoms with Gasteiger partial charge in [-0.1, -0.05) is 17.7 Å². The molecule has 2 aromatic rings. The average Bonchev–Trinajstić information content (AvgIpc) is 2.92. The number of benzene rings is 1. The van der Waals surface area contributed by atoms with E-state index < -0.39 is 5.91 Å². The van der Waals surface area contributed by atoms with Gasteiger partial charge >= 0.3 is 0 Å². The summed E-state index contributed by atoms with van der Waals surface area (Å²) in [7, 11) is 0. The van der Waals surface area contributed by atoms with Gasteiger partial charge in [0.1, 0.15) is 5.00 Å². The molecule has 5 nitrogen and oxygen atoms in total. The van der Waals surface area contributed by atoms with Crippen molar-refractivity contribution in [2.24, 2.45) is 5.73 Å². The maximum absolute atomic E-state index is 12.5. The van der Waals surface area contributed by atoms with Gasteiger partial charge in [-0.05, 0) is 68.9 Å². The lowest BCUT2D eigenvalue weighted by Crippen LogP contribution is -2.34. The standard InChI is InChI=1S/C19H21N3O2S2/c1-10-7-8-12(11(2)9-10)17(24)21-19(25)22-18-15(16(20)23)13-5-3-4-6-14(13)26-18/h7-9H,3-6H2,1-2H3,(H2,20,23)(H2,21,22,24,25). The minimum absolute atomic E-state index is 0.163. The SMILES string of the molecule is Cc1ccc(C(=O)NC(=S)Nc2sc3c(c2C(N)=O)CCCC3)c(C)c1. The van der Waals surface area contributed by atoms with Crippen LogP contribution in [0, 0.1) is 13.8 Å². The molecule has 2 amide bonds. The number of nitrogens with two attached hydrogens (primary N) is 1. The van der Waals surface area contributed by atoms with E-state index in [0.29, 0.717) is 16.1 Å². The summed E-state index contributed by atoms with van der Waals surface area (Å²) < 4.78 is 0. The van der Waals surface area contributed by atoms with E-state index in [1.165, 1.54) is 16.2 Å². The highest BCUT2D eigenvalue weighted by Crippen LogP contribution is 2.37. The molecule has 1 aromatic carbocycles. The number of carbonyl (C=O) groups excluding carboxylic acids is 2. The molecule has 26 heavy (non-hydrogen) atoms. The molecule has 136 valence electrons. The maximum atomic E-state index is 12.5. The molecule has 1 heterocycles. The molecule has 0 spiro atoms. The number of aryl methyl sites for hydroxylation is 3. The number of amides is 2. The molecule has 0 unspecified atom stereocenters. The fourth-order valence-electron chi connectivity index (χ4n) is 3.29. The first-order valence-corrected chi connectivity index (χ1v) is 9.73. The lowest BCUT2D eigenvalue weighted by atomic mass is 9.95. The van der Waals surface area contributed by atoms with E-state index in [-0.39, 0.29) is 11.0 Å². The molecule has 0 aliphatic heterocycles. The zero-order valence-corrected chi connectivity index (χ0v) is 16.4. The normalized spacial score (nSPS) is 13.0. The van der Waals surface area contributed by atoms with E-state index in [2.05, 4.69) is 10.6 Å². The number of nitrogens with one attached hydrogen (secondary N) is 2. The summed E-state index contributed by atoms with van der Waals surface area (Å²) in [6.07, 6.45) is 3.97. The van der Waals surface area contributed by atoms with Crippen LogP contribution in [0.25, 0.3) is 0 Å². The predicted molar refractivity (Wildman–Crippen MR) is 109 cm³/mol. The van der Waals surface area contributed by atoms with Crippen molar-refractivity contribution in [1.29, 1.82) is 0 Å².